The van der Waals surface area contributed by atoms with Crippen LogP contribution in [-0.4, -0.2) is 60.3 Å². The lowest BCUT2D eigenvalue weighted by Crippen LogP contribution is -2.41. The van der Waals surface area contributed by atoms with Crippen LogP contribution >= 0.6 is 0 Å². The molecule has 37 heavy (non-hydrogen) atoms. The number of carbonyl (C=O) groups excluding carboxylic acids is 2. The zero-order valence-corrected chi connectivity index (χ0v) is 21.5. The molecular formula is C29H34N4O4. The molecule has 3 aromatic rings. The topological polar surface area (TPSA) is 96.6 Å². The van der Waals surface area contributed by atoms with E-state index in [4.69, 9.17) is 9.47 Å². The number of ether oxygens (including phenoxy) is 2. The molecule has 2 heterocycles. The van der Waals surface area contributed by atoms with E-state index >= 15 is 0 Å². The van der Waals surface area contributed by atoms with Crippen LogP contribution in [0.3, 0.4) is 0 Å². The lowest BCUT2D eigenvalue weighted by molar-refractivity contribution is 0.0767. The first-order valence-electron chi connectivity index (χ1n) is 13.3. The Bertz CT molecular complexity index is 1350. The first kappa shape index (κ1) is 23.8. The van der Waals surface area contributed by atoms with Crippen molar-refractivity contribution in [2.75, 3.05) is 33.4 Å². The number of amides is 2. The monoisotopic (exact) mass is 502 g/mol. The second-order valence-corrected chi connectivity index (χ2v) is 11.1. The molecular weight excluding hydrogens is 468 g/mol. The third kappa shape index (κ3) is 4.54. The molecule has 2 N–H and O–H groups in total. The van der Waals surface area contributed by atoms with Gasteiger partial charge in [-0.15, -0.1) is 0 Å². The summed E-state index contributed by atoms with van der Waals surface area (Å²) >= 11 is 0. The van der Waals surface area contributed by atoms with Crippen LogP contribution in [0.1, 0.15) is 58.4 Å². The van der Waals surface area contributed by atoms with E-state index < -0.39 is 0 Å². The number of nitrogens with zero attached hydrogens (tertiary/aromatic N) is 2. The van der Waals surface area contributed by atoms with E-state index in [2.05, 4.69) is 15.5 Å². The molecule has 1 aliphatic heterocycles. The van der Waals surface area contributed by atoms with Crippen LogP contribution in [0.4, 0.5) is 0 Å². The van der Waals surface area contributed by atoms with E-state index in [-0.39, 0.29) is 17.2 Å². The Morgan fingerprint density at radius 1 is 1.16 bits per heavy atom. The number of nitrogens with one attached hydrogen (secondary N) is 2. The number of hydrogen-bond donors (Lipinski definition) is 2. The number of carbonyl (C=O) groups is 2. The van der Waals surface area contributed by atoms with Gasteiger partial charge in [-0.1, -0.05) is 6.42 Å². The number of aromatic amines is 1. The number of rotatable bonds is 8. The Morgan fingerprint density at radius 3 is 2.84 bits per heavy atom. The first-order chi connectivity index (χ1) is 18.0. The normalized spacial score (nSPS) is 22.8. The fourth-order valence-electron chi connectivity index (χ4n) is 6.18. The van der Waals surface area contributed by atoms with Crippen LogP contribution in [0.25, 0.3) is 10.9 Å². The predicted molar refractivity (Wildman–Crippen MR) is 140 cm³/mol. The summed E-state index contributed by atoms with van der Waals surface area (Å²) in [5.41, 5.74) is 3.15. The maximum absolute atomic E-state index is 13.5. The zero-order valence-electron chi connectivity index (χ0n) is 21.5. The van der Waals surface area contributed by atoms with E-state index in [0.717, 1.165) is 42.3 Å². The Balaban J connectivity index is 1.14. The third-order valence-corrected chi connectivity index (χ3v) is 8.52. The van der Waals surface area contributed by atoms with Gasteiger partial charge in [0, 0.05) is 41.6 Å². The number of likely N-dealkylation sites (tertiary alicyclic amines) is 1. The fraction of sp³-hybridized carbons (Fsp3) is 0.483. The van der Waals surface area contributed by atoms with Crippen molar-refractivity contribution in [2.24, 2.45) is 17.3 Å². The van der Waals surface area contributed by atoms with Crippen molar-refractivity contribution < 1.29 is 19.1 Å². The molecule has 0 radical (unpaired) electrons. The lowest BCUT2D eigenvalue weighted by Gasteiger charge is -2.29. The summed E-state index contributed by atoms with van der Waals surface area (Å²) in [4.78, 5) is 28.6. The number of hydrogen-bond acceptors (Lipinski definition) is 5. The zero-order chi connectivity index (χ0) is 25.6. The van der Waals surface area contributed by atoms with Gasteiger partial charge >= 0.3 is 0 Å². The molecule has 6 rings (SSSR count). The van der Waals surface area contributed by atoms with Gasteiger partial charge in [0.05, 0.1) is 25.4 Å². The van der Waals surface area contributed by atoms with E-state index in [1.165, 1.54) is 12.8 Å². The molecule has 2 aromatic carbocycles. The molecule has 2 amide bonds. The summed E-state index contributed by atoms with van der Waals surface area (Å²) in [5, 5.41) is 11.2. The average Bonchev–Trinajstić information content (AvgIpc) is 3.29. The van der Waals surface area contributed by atoms with E-state index in [1.54, 1.807) is 31.5 Å². The molecule has 3 fully saturated rings. The summed E-state index contributed by atoms with van der Waals surface area (Å²) < 4.78 is 11.4. The standard InChI is InChI=1S/C29H34N4O4/c1-18-10-21(11-22-13-31-32-26(18)22)28(35)33-14-23-4-3-9-29(23,17-33)16-30-27(34)20-7-8-24(36-2)25(12-20)37-15-19-5-6-19/h7-8,10-13,19,23H,3-6,9,14-17H2,1-2H3,(H,30,34)(H,31,32)/t23-,29-/m0/s1. The molecule has 2 aliphatic carbocycles. The van der Waals surface area contributed by atoms with Gasteiger partial charge in [-0.05, 0) is 80.3 Å². The lowest BCUT2D eigenvalue weighted by atomic mass is 9.80. The second-order valence-electron chi connectivity index (χ2n) is 11.1. The second kappa shape index (κ2) is 9.39. The Kier molecular flexibility index (Phi) is 6.05. The molecule has 2 atom stereocenters. The summed E-state index contributed by atoms with van der Waals surface area (Å²) in [7, 11) is 1.61. The molecule has 0 bridgehead atoms. The molecule has 1 aromatic heterocycles. The number of fused-ring (bicyclic) bond motifs is 2. The van der Waals surface area contributed by atoms with Crippen LogP contribution in [0.15, 0.2) is 36.5 Å². The maximum atomic E-state index is 13.5. The molecule has 3 aliphatic rings. The molecule has 2 saturated carbocycles. The van der Waals surface area contributed by atoms with Gasteiger partial charge in [-0.2, -0.15) is 5.10 Å². The van der Waals surface area contributed by atoms with E-state index in [1.807, 2.05) is 24.0 Å². The van der Waals surface area contributed by atoms with Gasteiger partial charge in [0.15, 0.2) is 11.5 Å². The average molecular weight is 503 g/mol. The summed E-state index contributed by atoms with van der Waals surface area (Å²) in [6.07, 6.45) is 7.38. The number of benzene rings is 2. The van der Waals surface area contributed by atoms with Crippen LogP contribution < -0.4 is 14.8 Å². The maximum Gasteiger partial charge on any atom is 0.253 e. The summed E-state index contributed by atoms with van der Waals surface area (Å²) in [6, 6.07) is 9.21. The van der Waals surface area contributed by atoms with Gasteiger partial charge in [-0.3, -0.25) is 14.7 Å². The SMILES string of the molecule is COc1ccc(C(=O)NC[C@]23CCC[C@H]2CN(C(=O)c2cc(C)c4[nH]ncc4c2)C3)cc1OCC1CC1. The van der Waals surface area contributed by atoms with Crippen molar-refractivity contribution in [3.8, 4) is 11.5 Å². The highest BCUT2D eigenvalue weighted by Gasteiger charge is 2.50. The summed E-state index contributed by atoms with van der Waals surface area (Å²) in [6.45, 7) is 4.61. The molecule has 1 saturated heterocycles. The molecule has 8 nitrogen and oxygen atoms in total. The molecule has 0 unspecified atom stereocenters. The smallest absolute Gasteiger partial charge is 0.253 e. The van der Waals surface area contributed by atoms with Gasteiger partial charge in [0.1, 0.15) is 0 Å². The van der Waals surface area contributed by atoms with Gasteiger partial charge in [-0.25, -0.2) is 0 Å². The predicted octanol–water partition coefficient (Wildman–Crippen LogP) is 4.34. The number of methoxy groups -OCH3 is 1. The van der Waals surface area contributed by atoms with Crippen molar-refractivity contribution in [1.82, 2.24) is 20.4 Å². The largest absolute Gasteiger partial charge is 0.493 e. The molecule has 194 valence electrons. The van der Waals surface area contributed by atoms with Crippen molar-refractivity contribution in [3.05, 3.63) is 53.2 Å². The van der Waals surface area contributed by atoms with Crippen molar-refractivity contribution in [2.45, 2.75) is 39.0 Å². The summed E-state index contributed by atoms with van der Waals surface area (Å²) in [5.74, 6) is 2.19. The quantitative estimate of drug-likeness (QED) is 0.478. The van der Waals surface area contributed by atoms with Gasteiger partial charge in [0.2, 0.25) is 0 Å². The number of H-pyrrole nitrogens is 1. The van der Waals surface area contributed by atoms with Crippen LogP contribution in [0.2, 0.25) is 0 Å². The first-order valence-corrected chi connectivity index (χ1v) is 13.3. The molecule has 0 spiro atoms. The Hall–Kier alpha value is -3.55. The van der Waals surface area contributed by atoms with Crippen molar-refractivity contribution in [1.29, 1.82) is 0 Å². The Morgan fingerprint density at radius 2 is 2.03 bits per heavy atom. The van der Waals surface area contributed by atoms with Crippen molar-refractivity contribution >= 4 is 22.7 Å². The highest BCUT2D eigenvalue weighted by molar-refractivity contribution is 5.99. The third-order valence-electron chi connectivity index (χ3n) is 8.52. The number of aromatic nitrogens is 2. The molecule has 8 heteroatoms. The van der Waals surface area contributed by atoms with Crippen LogP contribution in [-0.2, 0) is 0 Å². The minimum Gasteiger partial charge on any atom is -0.493 e. The Labute approximate surface area is 216 Å². The minimum absolute atomic E-state index is 0.0545. The van der Waals surface area contributed by atoms with Crippen molar-refractivity contribution in [3.63, 3.8) is 0 Å². The van der Waals surface area contributed by atoms with Gasteiger partial charge < -0.3 is 19.7 Å². The van der Waals surface area contributed by atoms with E-state index in [0.29, 0.717) is 54.2 Å². The number of aryl methyl sites for hydroxylation is 1. The van der Waals surface area contributed by atoms with Gasteiger partial charge in [0.25, 0.3) is 11.8 Å². The van der Waals surface area contributed by atoms with Crippen LogP contribution in [0.5, 0.6) is 11.5 Å². The van der Waals surface area contributed by atoms with Crippen LogP contribution in [0, 0.1) is 24.2 Å². The fourth-order valence-corrected chi connectivity index (χ4v) is 6.18. The minimum atomic E-state index is -0.121. The highest BCUT2D eigenvalue weighted by atomic mass is 16.5. The van der Waals surface area contributed by atoms with E-state index in [9.17, 15) is 9.59 Å². The highest BCUT2D eigenvalue weighted by Crippen LogP contribution is 2.48.